The molecule has 0 radical (unpaired) electrons. The van der Waals surface area contributed by atoms with Crippen molar-refractivity contribution in [1.29, 1.82) is 0 Å². The van der Waals surface area contributed by atoms with Crippen molar-refractivity contribution < 1.29 is 18.0 Å². The van der Waals surface area contributed by atoms with Crippen LogP contribution < -0.4 is 0 Å². The monoisotopic (exact) mass is 373 g/mol. The Hall–Kier alpha value is -2.70. The summed E-state index contributed by atoms with van der Waals surface area (Å²) in [7, 11) is 0. The second-order valence-corrected chi connectivity index (χ2v) is 6.96. The SMILES string of the molecule is O=C(c1ccc(-c2ccccc2)cc1)N1CCCC(C2(C(F)(F)F)N=N2)C1. The molecule has 2 aromatic rings. The summed E-state index contributed by atoms with van der Waals surface area (Å²) < 4.78 is 39.7. The molecule has 0 aliphatic carbocycles. The van der Waals surface area contributed by atoms with E-state index in [2.05, 4.69) is 10.2 Å². The Bertz CT molecular complexity index is 856. The lowest BCUT2D eigenvalue weighted by Crippen LogP contribution is -2.49. The Morgan fingerprint density at radius 2 is 1.63 bits per heavy atom. The van der Waals surface area contributed by atoms with Gasteiger partial charge in [0, 0.05) is 24.6 Å². The highest BCUT2D eigenvalue weighted by atomic mass is 19.4. The smallest absolute Gasteiger partial charge is 0.338 e. The van der Waals surface area contributed by atoms with Crippen LogP contribution in [0.5, 0.6) is 0 Å². The minimum atomic E-state index is -4.50. The summed E-state index contributed by atoms with van der Waals surface area (Å²) in [6.45, 7) is 0.468. The zero-order chi connectivity index (χ0) is 19.1. The molecule has 0 saturated carbocycles. The van der Waals surface area contributed by atoms with Crippen LogP contribution in [0.2, 0.25) is 0 Å². The third kappa shape index (κ3) is 3.22. The molecule has 1 amide bonds. The van der Waals surface area contributed by atoms with E-state index in [4.69, 9.17) is 0 Å². The van der Waals surface area contributed by atoms with Crippen LogP contribution in [0.15, 0.2) is 64.8 Å². The van der Waals surface area contributed by atoms with E-state index in [0.717, 1.165) is 11.1 Å². The zero-order valence-corrected chi connectivity index (χ0v) is 14.5. The number of carbonyl (C=O) groups is 1. The van der Waals surface area contributed by atoms with Crippen molar-refractivity contribution in [3.05, 3.63) is 60.2 Å². The van der Waals surface area contributed by atoms with Gasteiger partial charge in [0.2, 0.25) is 0 Å². The molecule has 0 bridgehead atoms. The number of benzene rings is 2. The first-order valence-corrected chi connectivity index (χ1v) is 8.86. The lowest BCUT2D eigenvalue weighted by atomic mass is 9.87. The topological polar surface area (TPSA) is 45.0 Å². The van der Waals surface area contributed by atoms with Gasteiger partial charge in [0.05, 0.1) is 0 Å². The molecule has 1 unspecified atom stereocenters. The summed E-state index contributed by atoms with van der Waals surface area (Å²) in [6, 6.07) is 16.9. The van der Waals surface area contributed by atoms with Crippen LogP contribution in [0.4, 0.5) is 13.2 Å². The van der Waals surface area contributed by atoms with Gasteiger partial charge in [0.15, 0.2) is 0 Å². The molecule has 2 aliphatic heterocycles. The molecule has 1 saturated heterocycles. The highest BCUT2D eigenvalue weighted by Crippen LogP contribution is 2.51. The third-order valence-corrected chi connectivity index (χ3v) is 5.25. The minimum Gasteiger partial charge on any atom is -0.338 e. The van der Waals surface area contributed by atoms with Gasteiger partial charge in [-0.15, -0.1) is 10.2 Å². The van der Waals surface area contributed by atoms with Crippen LogP contribution in [0.25, 0.3) is 11.1 Å². The summed E-state index contributed by atoms with van der Waals surface area (Å²) >= 11 is 0. The fourth-order valence-corrected chi connectivity index (χ4v) is 3.67. The van der Waals surface area contributed by atoms with Gasteiger partial charge in [-0.1, -0.05) is 42.5 Å². The normalized spacial score (nSPS) is 21.1. The molecule has 7 heteroatoms. The molecule has 0 spiro atoms. The van der Waals surface area contributed by atoms with Crippen molar-refractivity contribution in [1.82, 2.24) is 4.90 Å². The molecule has 4 rings (SSSR count). The number of halogens is 3. The van der Waals surface area contributed by atoms with Crippen LogP contribution in [0.1, 0.15) is 23.2 Å². The molecule has 2 heterocycles. The van der Waals surface area contributed by atoms with Gasteiger partial charge in [-0.05, 0) is 36.1 Å². The van der Waals surface area contributed by atoms with Crippen molar-refractivity contribution in [2.75, 3.05) is 13.1 Å². The Morgan fingerprint density at radius 3 is 2.22 bits per heavy atom. The van der Waals surface area contributed by atoms with E-state index in [1.807, 2.05) is 42.5 Å². The number of hydrogen-bond acceptors (Lipinski definition) is 3. The van der Waals surface area contributed by atoms with E-state index in [1.54, 1.807) is 12.1 Å². The predicted octanol–water partition coefficient (Wildman–Crippen LogP) is 4.93. The Kier molecular flexibility index (Phi) is 4.25. The molecule has 1 atom stereocenters. The Balaban J connectivity index is 1.48. The van der Waals surface area contributed by atoms with Crippen molar-refractivity contribution in [2.24, 2.45) is 16.1 Å². The van der Waals surface area contributed by atoms with Crippen molar-refractivity contribution in [3.63, 3.8) is 0 Å². The number of likely N-dealkylation sites (tertiary alicyclic amines) is 1. The Morgan fingerprint density at radius 1 is 1.00 bits per heavy atom. The van der Waals surface area contributed by atoms with Crippen LogP contribution in [-0.2, 0) is 0 Å². The molecule has 0 N–H and O–H groups in total. The molecule has 27 heavy (non-hydrogen) atoms. The summed E-state index contributed by atoms with van der Waals surface area (Å²) in [5.74, 6) is -1.06. The first-order chi connectivity index (χ1) is 12.9. The number of rotatable bonds is 3. The second kappa shape index (κ2) is 6.48. The van der Waals surface area contributed by atoms with Gasteiger partial charge in [-0.2, -0.15) is 13.2 Å². The van der Waals surface area contributed by atoms with Gasteiger partial charge >= 0.3 is 6.18 Å². The molecule has 1 fully saturated rings. The molecule has 4 nitrogen and oxygen atoms in total. The molecule has 140 valence electrons. The molecular formula is C20H18F3N3O. The lowest BCUT2D eigenvalue weighted by molar-refractivity contribution is -0.180. The predicted molar refractivity (Wildman–Crippen MR) is 94.1 cm³/mol. The van der Waals surface area contributed by atoms with Crippen LogP contribution in [0.3, 0.4) is 0 Å². The van der Waals surface area contributed by atoms with Crippen molar-refractivity contribution >= 4 is 5.91 Å². The summed E-state index contributed by atoms with van der Waals surface area (Å²) in [4.78, 5) is 14.3. The number of hydrogen-bond donors (Lipinski definition) is 0. The van der Waals surface area contributed by atoms with E-state index in [9.17, 15) is 18.0 Å². The minimum absolute atomic E-state index is 0.0196. The maximum Gasteiger partial charge on any atom is 0.438 e. The molecule has 2 aliphatic rings. The summed E-state index contributed by atoms with van der Waals surface area (Å²) in [5, 5.41) is 6.61. The lowest BCUT2D eigenvalue weighted by Gasteiger charge is -2.35. The highest BCUT2D eigenvalue weighted by molar-refractivity contribution is 5.94. The standard InChI is InChI=1S/C20H18F3N3O/c21-20(22,23)19(24-25-19)17-7-4-12-26(13-17)18(27)16-10-8-15(9-11-16)14-5-2-1-3-6-14/h1-3,5-6,8-11,17H,4,7,12-13H2. The van der Waals surface area contributed by atoms with Crippen molar-refractivity contribution in [3.8, 4) is 11.1 Å². The van der Waals surface area contributed by atoms with Gasteiger partial charge in [-0.25, -0.2) is 0 Å². The summed E-state index contributed by atoms with van der Waals surface area (Å²) in [5.41, 5.74) is 0.193. The maximum atomic E-state index is 13.2. The number of nitrogens with zero attached hydrogens (tertiary/aromatic N) is 3. The van der Waals surface area contributed by atoms with Gasteiger partial charge in [0.25, 0.3) is 11.6 Å². The first kappa shape index (κ1) is 17.7. The zero-order valence-electron chi connectivity index (χ0n) is 14.5. The van der Waals surface area contributed by atoms with Gasteiger partial charge in [0.1, 0.15) is 0 Å². The average molecular weight is 373 g/mol. The number of carbonyl (C=O) groups excluding carboxylic acids is 1. The fraction of sp³-hybridized carbons (Fsp3) is 0.350. The third-order valence-electron chi connectivity index (χ3n) is 5.25. The van der Waals surface area contributed by atoms with E-state index in [1.165, 1.54) is 4.90 Å². The van der Waals surface area contributed by atoms with Crippen LogP contribution in [0, 0.1) is 5.92 Å². The Labute approximate surface area is 154 Å². The van der Waals surface area contributed by atoms with E-state index < -0.39 is 17.8 Å². The van der Waals surface area contributed by atoms with E-state index in [0.29, 0.717) is 24.9 Å². The van der Waals surface area contributed by atoms with E-state index in [-0.39, 0.29) is 12.5 Å². The second-order valence-electron chi connectivity index (χ2n) is 6.96. The molecule has 2 aromatic carbocycles. The maximum absolute atomic E-state index is 13.2. The fourth-order valence-electron chi connectivity index (χ4n) is 3.67. The number of piperidine rings is 1. The average Bonchev–Trinajstić information content (AvgIpc) is 3.51. The van der Waals surface area contributed by atoms with Gasteiger partial charge < -0.3 is 4.90 Å². The highest BCUT2D eigenvalue weighted by Gasteiger charge is 2.68. The number of amides is 1. The quantitative estimate of drug-likeness (QED) is 0.752. The number of alkyl halides is 3. The van der Waals surface area contributed by atoms with E-state index >= 15 is 0 Å². The van der Waals surface area contributed by atoms with Crippen LogP contribution in [-0.4, -0.2) is 35.7 Å². The largest absolute Gasteiger partial charge is 0.438 e. The molecule has 0 aromatic heterocycles. The molecular weight excluding hydrogens is 355 g/mol. The first-order valence-electron chi connectivity index (χ1n) is 8.86. The van der Waals surface area contributed by atoms with Crippen molar-refractivity contribution in [2.45, 2.75) is 24.7 Å². The van der Waals surface area contributed by atoms with Crippen LogP contribution >= 0.6 is 0 Å². The summed E-state index contributed by atoms with van der Waals surface area (Å²) in [6.07, 6.45) is -3.62. The van der Waals surface area contributed by atoms with Gasteiger partial charge in [-0.3, -0.25) is 4.79 Å².